The van der Waals surface area contributed by atoms with Crippen LogP contribution in [-0.4, -0.2) is 37.8 Å². The van der Waals surface area contributed by atoms with Crippen molar-refractivity contribution in [1.82, 2.24) is 10.3 Å². The molecule has 1 aliphatic heterocycles. The molecule has 5 nitrogen and oxygen atoms in total. The molecule has 1 fully saturated rings. The van der Waals surface area contributed by atoms with E-state index in [2.05, 4.69) is 40.6 Å². The lowest BCUT2D eigenvalue weighted by Gasteiger charge is -2.36. The Balaban J connectivity index is 1.50. The van der Waals surface area contributed by atoms with E-state index in [1.165, 1.54) is 0 Å². The first-order valence-corrected chi connectivity index (χ1v) is 11.2. The fourth-order valence-corrected chi connectivity index (χ4v) is 4.41. The summed E-state index contributed by atoms with van der Waals surface area (Å²) < 4.78 is 11.1. The average Bonchev–Trinajstić information content (AvgIpc) is 2.85. The normalized spacial score (nSPS) is 15.2. The Morgan fingerprint density at radius 2 is 1.88 bits per heavy atom. The van der Waals surface area contributed by atoms with Gasteiger partial charge in [0.25, 0.3) is 0 Å². The number of pyridine rings is 1. The third-order valence-corrected chi connectivity index (χ3v) is 6.21. The molecule has 1 saturated heterocycles. The molecule has 0 radical (unpaired) electrons. The van der Waals surface area contributed by atoms with Gasteiger partial charge in [-0.15, -0.1) is 0 Å². The largest absolute Gasteiger partial charge is 0.496 e. The second-order valence-corrected chi connectivity index (χ2v) is 8.30. The zero-order chi connectivity index (χ0) is 22.2. The van der Waals surface area contributed by atoms with E-state index in [1.54, 1.807) is 13.3 Å². The highest BCUT2D eigenvalue weighted by atomic mass is 16.5. The molecule has 0 spiro atoms. The molecular weight excluding hydrogens is 400 g/mol. The predicted molar refractivity (Wildman–Crippen MR) is 126 cm³/mol. The molecule has 0 aliphatic carbocycles. The van der Waals surface area contributed by atoms with Crippen LogP contribution in [0.3, 0.4) is 0 Å². The van der Waals surface area contributed by atoms with Crippen LogP contribution in [-0.2, 0) is 22.4 Å². The summed E-state index contributed by atoms with van der Waals surface area (Å²) in [5.74, 6) is 0.956. The number of benzene rings is 2. The molecule has 3 aromatic rings. The number of hydrogen-bond acceptors (Lipinski definition) is 4. The maximum Gasteiger partial charge on any atom is 0.226 e. The van der Waals surface area contributed by atoms with Crippen molar-refractivity contribution in [3.05, 3.63) is 84.2 Å². The van der Waals surface area contributed by atoms with Gasteiger partial charge in [0.15, 0.2) is 0 Å². The average molecular weight is 431 g/mol. The summed E-state index contributed by atoms with van der Waals surface area (Å²) >= 11 is 0. The molecule has 4 rings (SSSR count). The molecule has 0 saturated carbocycles. The lowest BCUT2D eigenvalue weighted by atomic mass is 9.74. The lowest BCUT2D eigenvalue weighted by molar-refractivity contribution is -0.136. The van der Waals surface area contributed by atoms with Gasteiger partial charge in [0, 0.05) is 43.6 Å². The van der Waals surface area contributed by atoms with Gasteiger partial charge in [-0.3, -0.25) is 9.78 Å². The van der Waals surface area contributed by atoms with E-state index in [0.29, 0.717) is 26.2 Å². The zero-order valence-corrected chi connectivity index (χ0v) is 18.5. The van der Waals surface area contributed by atoms with E-state index >= 15 is 0 Å². The molecule has 5 heteroatoms. The van der Waals surface area contributed by atoms with Crippen molar-refractivity contribution in [3.8, 4) is 16.9 Å². The number of hydrogen-bond donors (Lipinski definition) is 1. The van der Waals surface area contributed by atoms with Crippen LogP contribution in [0.2, 0.25) is 0 Å². The minimum Gasteiger partial charge on any atom is -0.496 e. The highest BCUT2D eigenvalue weighted by molar-refractivity contribution is 5.83. The Hall–Kier alpha value is -3.18. The number of nitrogens with one attached hydrogen (secondary N) is 1. The van der Waals surface area contributed by atoms with Crippen molar-refractivity contribution in [2.45, 2.75) is 25.7 Å². The van der Waals surface area contributed by atoms with Gasteiger partial charge < -0.3 is 14.8 Å². The van der Waals surface area contributed by atoms with Crippen LogP contribution in [0, 0.1) is 5.41 Å². The number of rotatable bonds is 8. The second-order valence-electron chi connectivity index (χ2n) is 8.30. The molecule has 166 valence electrons. The van der Waals surface area contributed by atoms with Crippen molar-refractivity contribution < 1.29 is 14.3 Å². The predicted octanol–water partition coefficient (Wildman–Crippen LogP) is 4.46. The SMILES string of the molecule is COc1ccccc1-c1cccc(CC2(C(=O)NCCc3ccccn3)CCOCC2)c1. The highest BCUT2D eigenvalue weighted by Gasteiger charge is 2.40. The fraction of sp³-hybridized carbons (Fsp3) is 0.333. The number of amides is 1. The summed E-state index contributed by atoms with van der Waals surface area (Å²) in [6.07, 6.45) is 4.64. The van der Waals surface area contributed by atoms with Gasteiger partial charge in [0.05, 0.1) is 12.5 Å². The van der Waals surface area contributed by atoms with E-state index < -0.39 is 5.41 Å². The molecule has 1 amide bonds. The maximum atomic E-state index is 13.4. The standard InChI is InChI=1S/C27H30N2O3/c1-31-25-11-3-2-10-24(25)22-8-6-7-21(19-22)20-27(13-17-32-18-14-27)26(30)29-16-12-23-9-4-5-15-28-23/h2-11,15,19H,12-14,16-18,20H2,1H3,(H,29,30). The summed E-state index contributed by atoms with van der Waals surface area (Å²) in [6, 6.07) is 22.3. The molecule has 2 aromatic carbocycles. The minimum absolute atomic E-state index is 0.111. The lowest BCUT2D eigenvalue weighted by Crippen LogP contribution is -2.46. The van der Waals surface area contributed by atoms with Crippen LogP contribution in [0.4, 0.5) is 0 Å². The number of carbonyl (C=O) groups is 1. The van der Waals surface area contributed by atoms with Gasteiger partial charge in [-0.05, 0) is 48.6 Å². The van der Waals surface area contributed by atoms with E-state index in [0.717, 1.165) is 47.4 Å². The number of ether oxygens (including phenoxy) is 2. The summed E-state index contributed by atoms with van der Waals surface area (Å²) in [5.41, 5.74) is 3.82. The van der Waals surface area contributed by atoms with Gasteiger partial charge in [-0.2, -0.15) is 0 Å². The second kappa shape index (κ2) is 10.4. The van der Waals surface area contributed by atoms with Crippen LogP contribution < -0.4 is 10.1 Å². The zero-order valence-electron chi connectivity index (χ0n) is 18.5. The summed E-state index contributed by atoms with van der Waals surface area (Å²) in [4.78, 5) is 17.7. The molecule has 1 aliphatic rings. The quantitative estimate of drug-likeness (QED) is 0.573. The number of methoxy groups -OCH3 is 1. The Kier molecular flexibility index (Phi) is 7.17. The Bertz CT molecular complexity index is 1030. The third-order valence-electron chi connectivity index (χ3n) is 6.21. The number of nitrogens with zero attached hydrogens (tertiary/aromatic N) is 1. The van der Waals surface area contributed by atoms with Gasteiger partial charge in [0.2, 0.25) is 5.91 Å². The molecule has 1 N–H and O–H groups in total. The monoisotopic (exact) mass is 430 g/mol. The van der Waals surface area contributed by atoms with Crippen molar-refractivity contribution in [1.29, 1.82) is 0 Å². The van der Waals surface area contributed by atoms with Crippen molar-refractivity contribution in [2.24, 2.45) is 5.41 Å². The molecule has 32 heavy (non-hydrogen) atoms. The van der Waals surface area contributed by atoms with Crippen molar-refractivity contribution in [2.75, 3.05) is 26.9 Å². The molecule has 0 atom stereocenters. The molecule has 0 unspecified atom stereocenters. The van der Waals surface area contributed by atoms with Crippen LogP contribution >= 0.6 is 0 Å². The van der Waals surface area contributed by atoms with E-state index in [9.17, 15) is 4.79 Å². The first-order chi connectivity index (χ1) is 15.7. The maximum absolute atomic E-state index is 13.4. The van der Waals surface area contributed by atoms with Crippen molar-refractivity contribution >= 4 is 5.91 Å². The summed E-state index contributed by atoms with van der Waals surface area (Å²) in [6.45, 7) is 1.80. The van der Waals surface area contributed by atoms with E-state index in [4.69, 9.17) is 9.47 Å². The van der Waals surface area contributed by atoms with Crippen LogP contribution in [0.25, 0.3) is 11.1 Å². The topological polar surface area (TPSA) is 60.5 Å². The smallest absolute Gasteiger partial charge is 0.226 e. The summed E-state index contributed by atoms with van der Waals surface area (Å²) in [7, 11) is 1.69. The fourth-order valence-electron chi connectivity index (χ4n) is 4.41. The van der Waals surface area contributed by atoms with Gasteiger partial charge in [0.1, 0.15) is 5.75 Å². The van der Waals surface area contributed by atoms with E-state index in [-0.39, 0.29) is 5.91 Å². The third kappa shape index (κ3) is 5.17. The Labute approximate surface area is 189 Å². The molecule has 0 bridgehead atoms. The number of aromatic nitrogens is 1. The Morgan fingerprint density at radius 3 is 2.66 bits per heavy atom. The van der Waals surface area contributed by atoms with Gasteiger partial charge >= 0.3 is 0 Å². The van der Waals surface area contributed by atoms with Crippen LogP contribution in [0.5, 0.6) is 5.75 Å². The summed E-state index contributed by atoms with van der Waals surface area (Å²) in [5, 5.41) is 3.17. The van der Waals surface area contributed by atoms with Crippen molar-refractivity contribution in [3.63, 3.8) is 0 Å². The first-order valence-electron chi connectivity index (χ1n) is 11.2. The van der Waals surface area contributed by atoms with Gasteiger partial charge in [-0.1, -0.05) is 48.5 Å². The molecule has 2 heterocycles. The van der Waals surface area contributed by atoms with Gasteiger partial charge in [-0.25, -0.2) is 0 Å². The van der Waals surface area contributed by atoms with Crippen LogP contribution in [0.15, 0.2) is 72.9 Å². The number of carbonyl (C=O) groups excluding carboxylic acids is 1. The van der Waals surface area contributed by atoms with E-state index in [1.807, 2.05) is 36.4 Å². The molecule has 1 aromatic heterocycles. The number of para-hydroxylation sites is 1. The molecular formula is C27H30N2O3. The van der Waals surface area contributed by atoms with Crippen LogP contribution in [0.1, 0.15) is 24.1 Å². The minimum atomic E-state index is -0.457. The highest BCUT2D eigenvalue weighted by Crippen LogP contribution is 2.36. The Morgan fingerprint density at radius 1 is 1.06 bits per heavy atom. The first kappa shape index (κ1) is 22.0.